The van der Waals surface area contributed by atoms with Gasteiger partial charge in [0.25, 0.3) is 0 Å². The Morgan fingerprint density at radius 2 is 1.86 bits per heavy atom. The van der Waals surface area contributed by atoms with E-state index < -0.39 is 11.5 Å². The number of hydrogen-bond acceptors (Lipinski definition) is 4. The van der Waals surface area contributed by atoms with Crippen LogP contribution >= 0.6 is 0 Å². The topological polar surface area (TPSA) is 77.8 Å². The predicted octanol–water partition coefficient (Wildman–Crippen LogP) is 0.0975. The SMILES string of the molecule is CC(C)(CO)[C@@H](O)C(=O)CCCCO. The van der Waals surface area contributed by atoms with Gasteiger partial charge in [-0.05, 0) is 12.8 Å². The van der Waals surface area contributed by atoms with E-state index in [9.17, 15) is 9.90 Å². The number of ketones is 1. The third-order valence-electron chi connectivity index (χ3n) is 2.28. The van der Waals surface area contributed by atoms with Gasteiger partial charge in [-0.1, -0.05) is 13.8 Å². The molecule has 0 aliphatic heterocycles. The largest absolute Gasteiger partial charge is 0.396 e. The third kappa shape index (κ3) is 4.17. The van der Waals surface area contributed by atoms with Gasteiger partial charge < -0.3 is 15.3 Å². The van der Waals surface area contributed by atoms with Crippen molar-refractivity contribution >= 4 is 5.78 Å². The van der Waals surface area contributed by atoms with Gasteiger partial charge in [-0.15, -0.1) is 0 Å². The van der Waals surface area contributed by atoms with E-state index in [0.717, 1.165) is 0 Å². The Labute approximate surface area is 84.6 Å². The minimum Gasteiger partial charge on any atom is -0.396 e. The zero-order chi connectivity index (χ0) is 11.2. The summed E-state index contributed by atoms with van der Waals surface area (Å²) in [5.41, 5.74) is -0.781. The van der Waals surface area contributed by atoms with Crippen LogP contribution in [-0.4, -0.2) is 40.4 Å². The van der Waals surface area contributed by atoms with Crippen LogP contribution in [0.5, 0.6) is 0 Å². The van der Waals surface area contributed by atoms with E-state index in [1.165, 1.54) is 0 Å². The molecule has 0 aliphatic rings. The average Bonchev–Trinajstić information content (AvgIpc) is 2.17. The summed E-state index contributed by atoms with van der Waals surface area (Å²) in [6.45, 7) is 3.12. The normalized spacial score (nSPS) is 14.1. The molecule has 0 heterocycles. The number of carbonyl (C=O) groups is 1. The minimum atomic E-state index is -1.12. The summed E-state index contributed by atoms with van der Waals surface area (Å²) in [6.07, 6.45) is 0.281. The average molecular weight is 204 g/mol. The van der Waals surface area contributed by atoms with Gasteiger partial charge in [0, 0.05) is 18.4 Å². The highest BCUT2D eigenvalue weighted by Gasteiger charge is 2.32. The van der Waals surface area contributed by atoms with Crippen molar-refractivity contribution in [3.63, 3.8) is 0 Å². The lowest BCUT2D eigenvalue weighted by Crippen LogP contribution is -2.39. The van der Waals surface area contributed by atoms with Gasteiger partial charge in [0.15, 0.2) is 5.78 Å². The summed E-state index contributed by atoms with van der Waals surface area (Å²) in [7, 11) is 0. The molecular formula is C10H20O4. The number of rotatable bonds is 7. The first-order valence-electron chi connectivity index (χ1n) is 4.88. The highest BCUT2D eigenvalue weighted by atomic mass is 16.3. The summed E-state index contributed by atoms with van der Waals surface area (Å²) in [5, 5.41) is 27.0. The summed E-state index contributed by atoms with van der Waals surface area (Å²) in [6, 6.07) is 0. The Morgan fingerprint density at radius 3 is 2.29 bits per heavy atom. The van der Waals surface area contributed by atoms with Crippen LogP contribution in [0, 0.1) is 5.41 Å². The van der Waals surface area contributed by atoms with Crippen molar-refractivity contribution in [1.29, 1.82) is 0 Å². The fourth-order valence-corrected chi connectivity index (χ4v) is 1.07. The summed E-state index contributed by atoms with van der Waals surface area (Å²) >= 11 is 0. The van der Waals surface area contributed by atoms with Gasteiger partial charge in [-0.2, -0.15) is 0 Å². The van der Waals surface area contributed by atoms with Crippen LogP contribution in [0.2, 0.25) is 0 Å². The van der Waals surface area contributed by atoms with Crippen molar-refractivity contribution in [3.05, 3.63) is 0 Å². The molecular weight excluding hydrogens is 184 g/mol. The second kappa shape index (κ2) is 6.11. The van der Waals surface area contributed by atoms with Gasteiger partial charge in [0.1, 0.15) is 6.10 Å². The summed E-state index contributed by atoms with van der Waals surface area (Å²) < 4.78 is 0. The zero-order valence-electron chi connectivity index (χ0n) is 8.86. The first-order chi connectivity index (χ1) is 6.45. The van der Waals surface area contributed by atoms with Crippen molar-refractivity contribution in [2.75, 3.05) is 13.2 Å². The highest BCUT2D eigenvalue weighted by molar-refractivity contribution is 5.83. The molecule has 0 unspecified atom stereocenters. The number of aliphatic hydroxyl groups excluding tert-OH is 3. The molecule has 0 aromatic heterocycles. The number of hydrogen-bond donors (Lipinski definition) is 3. The van der Waals surface area contributed by atoms with Crippen LogP contribution in [0.15, 0.2) is 0 Å². The zero-order valence-corrected chi connectivity index (χ0v) is 8.86. The van der Waals surface area contributed by atoms with Gasteiger partial charge >= 0.3 is 0 Å². The Balaban J connectivity index is 3.99. The predicted molar refractivity (Wildman–Crippen MR) is 52.8 cm³/mol. The maximum absolute atomic E-state index is 11.4. The maximum atomic E-state index is 11.4. The second-order valence-electron chi connectivity index (χ2n) is 4.20. The lowest BCUT2D eigenvalue weighted by Gasteiger charge is -2.26. The first kappa shape index (κ1) is 13.5. The van der Waals surface area contributed by atoms with Gasteiger partial charge in [0.2, 0.25) is 0 Å². The lowest BCUT2D eigenvalue weighted by atomic mass is 9.84. The number of Topliss-reactive ketones (excluding diaryl/α,β-unsaturated/α-hetero) is 1. The van der Waals surface area contributed by atoms with Crippen LogP contribution in [-0.2, 0) is 4.79 Å². The third-order valence-corrected chi connectivity index (χ3v) is 2.28. The van der Waals surface area contributed by atoms with Crippen molar-refractivity contribution in [1.82, 2.24) is 0 Å². The molecule has 0 saturated carbocycles. The lowest BCUT2D eigenvalue weighted by molar-refractivity contribution is -0.134. The fraction of sp³-hybridized carbons (Fsp3) is 0.900. The number of unbranched alkanes of at least 4 members (excludes halogenated alkanes) is 1. The van der Waals surface area contributed by atoms with Crippen LogP contribution in [0.1, 0.15) is 33.1 Å². The van der Waals surface area contributed by atoms with Crippen molar-refractivity contribution in [2.24, 2.45) is 5.41 Å². The van der Waals surface area contributed by atoms with E-state index in [1.807, 2.05) is 0 Å². The van der Waals surface area contributed by atoms with Crippen LogP contribution in [0.4, 0.5) is 0 Å². The molecule has 4 nitrogen and oxygen atoms in total. The van der Waals surface area contributed by atoms with E-state index in [0.29, 0.717) is 12.8 Å². The molecule has 0 saturated heterocycles. The van der Waals surface area contributed by atoms with E-state index in [-0.39, 0.29) is 25.4 Å². The second-order valence-corrected chi connectivity index (χ2v) is 4.20. The molecule has 14 heavy (non-hydrogen) atoms. The smallest absolute Gasteiger partial charge is 0.161 e. The monoisotopic (exact) mass is 204 g/mol. The molecule has 4 heteroatoms. The first-order valence-corrected chi connectivity index (χ1v) is 4.88. The molecule has 0 spiro atoms. The van der Waals surface area contributed by atoms with Crippen molar-refractivity contribution in [3.8, 4) is 0 Å². The van der Waals surface area contributed by atoms with Gasteiger partial charge in [0.05, 0.1) is 6.61 Å². The molecule has 0 radical (unpaired) electrons. The molecule has 0 amide bonds. The molecule has 84 valence electrons. The Morgan fingerprint density at radius 1 is 1.29 bits per heavy atom. The number of aliphatic hydroxyl groups is 3. The van der Waals surface area contributed by atoms with Crippen molar-refractivity contribution < 1.29 is 20.1 Å². The quantitative estimate of drug-likeness (QED) is 0.514. The fourth-order valence-electron chi connectivity index (χ4n) is 1.07. The van der Waals surface area contributed by atoms with Crippen LogP contribution < -0.4 is 0 Å². The molecule has 3 N–H and O–H groups in total. The van der Waals surface area contributed by atoms with E-state index in [2.05, 4.69) is 0 Å². The Hall–Kier alpha value is -0.450. The standard InChI is InChI=1S/C10H20O4/c1-10(2,7-12)9(14)8(13)5-3-4-6-11/h9,11-12,14H,3-7H2,1-2H3/t9-/m0/s1. The van der Waals surface area contributed by atoms with E-state index in [1.54, 1.807) is 13.8 Å². The highest BCUT2D eigenvalue weighted by Crippen LogP contribution is 2.21. The Bertz CT molecular complexity index is 177. The molecule has 0 rings (SSSR count). The number of carbonyl (C=O) groups excluding carboxylic acids is 1. The molecule has 0 aliphatic carbocycles. The van der Waals surface area contributed by atoms with Gasteiger partial charge in [-0.3, -0.25) is 4.79 Å². The van der Waals surface area contributed by atoms with Crippen LogP contribution in [0.3, 0.4) is 0 Å². The molecule has 0 bridgehead atoms. The summed E-state index contributed by atoms with van der Waals surface area (Å²) in [5.74, 6) is -0.266. The van der Waals surface area contributed by atoms with Gasteiger partial charge in [-0.25, -0.2) is 0 Å². The van der Waals surface area contributed by atoms with Crippen LogP contribution in [0.25, 0.3) is 0 Å². The minimum absolute atomic E-state index is 0.0623. The molecule has 0 fully saturated rings. The molecule has 1 atom stereocenters. The molecule has 0 aromatic rings. The van der Waals surface area contributed by atoms with E-state index in [4.69, 9.17) is 10.2 Å². The summed E-state index contributed by atoms with van der Waals surface area (Å²) in [4.78, 5) is 11.4. The van der Waals surface area contributed by atoms with Crippen molar-refractivity contribution in [2.45, 2.75) is 39.2 Å². The maximum Gasteiger partial charge on any atom is 0.161 e. The van der Waals surface area contributed by atoms with E-state index >= 15 is 0 Å². The Kier molecular flexibility index (Phi) is 5.92. The molecule has 0 aromatic carbocycles.